The van der Waals surface area contributed by atoms with E-state index in [9.17, 15) is 4.79 Å². The predicted octanol–water partition coefficient (Wildman–Crippen LogP) is 2.14. The van der Waals surface area contributed by atoms with Gasteiger partial charge in [-0.25, -0.2) is 0 Å². The van der Waals surface area contributed by atoms with Crippen molar-refractivity contribution in [2.75, 3.05) is 6.61 Å². The zero-order valence-electron chi connectivity index (χ0n) is 12.7. The van der Waals surface area contributed by atoms with Crippen molar-refractivity contribution in [3.8, 4) is 0 Å². The van der Waals surface area contributed by atoms with Crippen LogP contribution in [0, 0.1) is 5.92 Å². The Morgan fingerprint density at radius 2 is 2.05 bits per heavy atom. The highest BCUT2D eigenvalue weighted by Crippen LogP contribution is 2.33. The van der Waals surface area contributed by atoms with E-state index in [4.69, 9.17) is 4.74 Å². The maximum absolute atomic E-state index is 12.5. The van der Waals surface area contributed by atoms with Crippen molar-refractivity contribution in [3.63, 3.8) is 0 Å². The maximum Gasteiger partial charge on any atom is 0.241 e. The predicted molar refractivity (Wildman–Crippen MR) is 75.7 cm³/mol. The molecule has 2 aliphatic rings. The van der Waals surface area contributed by atoms with E-state index in [-0.39, 0.29) is 12.2 Å². The van der Waals surface area contributed by atoms with Crippen molar-refractivity contribution in [3.05, 3.63) is 0 Å². The highest BCUT2D eigenvalue weighted by molar-refractivity contribution is 5.84. The number of amides is 1. The molecule has 1 saturated heterocycles. The van der Waals surface area contributed by atoms with Crippen molar-refractivity contribution < 1.29 is 9.53 Å². The van der Waals surface area contributed by atoms with Crippen LogP contribution in [0.5, 0.6) is 0 Å². The Labute approximate surface area is 116 Å². The molecule has 0 spiro atoms. The van der Waals surface area contributed by atoms with Crippen LogP contribution in [-0.4, -0.2) is 41.8 Å². The molecule has 0 bridgehead atoms. The Morgan fingerprint density at radius 1 is 1.37 bits per heavy atom. The normalized spacial score (nSPS) is 35.0. The van der Waals surface area contributed by atoms with Crippen LogP contribution >= 0.6 is 0 Å². The molecule has 1 N–H and O–H groups in total. The monoisotopic (exact) mass is 268 g/mol. The second-order valence-corrected chi connectivity index (χ2v) is 6.22. The molecule has 1 saturated carbocycles. The summed E-state index contributed by atoms with van der Waals surface area (Å²) in [5.74, 6) is 0.858. The molecule has 4 nitrogen and oxygen atoms in total. The van der Waals surface area contributed by atoms with Gasteiger partial charge in [0.05, 0.1) is 18.3 Å². The van der Waals surface area contributed by atoms with Gasteiger partial charge in [0.2, 0.25) is 5.91 Å². The van der Waals surface area contributed by atoms with Crippen molar-refractivity contribution >= 4 is 5.91 Å². The summed E-state index contributed by atoms with van der Waals surface area (Å²) in [5, 5.41) is 3.50. The Balaban J connectivity index is 1.93. The smallest absolute Gasteiger partial charge is 0.241 e. The van der Waals surface area contributed by atoms with Crippen molar-refractivity contribution in [1.29, 1.82) is 0 Å². The van der Waals surface area contributed by atoms with E-state index in [0.717, 1.165) is 32.3 Å². The van der Waals surface area contributed by atoms with Gasteiger partial charge >= 0.3 is 0 Å². The summed E-state index contributed by atoms with van der Waals surface area (Å²) in [7, 11) is 0. The van der Waals surface area contributed by atoms with Crippen LogP contribution in [0.2, 0.25) is 0 Å². The minimum atomic E-state index is 0.0242. The van der Waals surface area contributed by atoms with Crippen LogP contribution in [0.15, 0.2) is 0 Å². The molecule has 2 atom stereocenters. The van der Waals surface area contributed by atoms with Gasteiger partial charge in [-0.2, -0.15) is 0 Å². The standard InChI is InChI=1S/C15H28N2O2/c1-5-14-16-13(7-10(3)4)15(18)17(14)11-8-12(9-11)19-6-2/h10-14,16H,5-9H2,1-4H3. The third kappa shape index (κ3) is 3.11. The molecule has 1 aliphatic heterocycles. The lowest BCUT2D eigenvalue weighted by Crippen LogP contribution is -2.53. The van der Waals surface area contributed by atoms with Gasteiger partial charge in [-0.05, 0) is 38.5 Å². The zero-order valence-corrected chi connectivity index (χ0v) is 12.7. The first kappa shape index (κ1) is 14.8. The Hall–Kier alpha value is -0.610. The number of hydrogen-bond donors (Lipinski definition) is 1. The third-order valence-electron chi connectivity index (χ3n) is 4.24. The summed E-state index contributed by atoms with van der Waals surface area (Å²) in [6, 6.07) is 0.412. The highest BCUT2D eigenvalue weighted by Gasteiger charge is 2.46. The Morgan fingerprint density at radius 3 is 2.58 bits per heavy atom. The Kier molecular flexibility index (Phi) is 4.85. The summed E-state index contributed by atoms with van der Waals surface area (Å²) in [4.78, 5) is 14.6. The molecule has 0 radical (unpaired) electrons. The molecule has 0 aromatic heterocycles. The second-order valence-electron chi connectivity index (χ2n) is 6.22. The van der Waals surface area contributed by atoms with Crippen molar-refractivity contribution in [2.24, 2.45) is 5.92 Å². The first-order chi connectivity index (χ1) is 9.06. The zero-order chi connectivity index (χ0) is 14.0. The van der Waals surface area contributed by atoms with Gasteiger partial charge in [0, 0.05) is 12.6 Å². The van der Waals surface area contributed by atoms with E-state index in [0.29, 0.717) is 24.0 Å². The van der Waals surface area contributed by atoms with Crippen LogP contribution in [0.1, 0.15) is 53.4 Å². The third-order valence-corrected chi connectivity index (χ3v) is 4.24. The van der Waals surface area contributed by atoms with Gasteiger partial charge in [-0.3, -0.25) is 10.1 Å². The molecule has 4 heteroatoms. The minimum Gasteiger partial charge on any atom is -0.378 e. The molecule has 1 aliphatic carbocycles. The van der Waals surface area contributed by atoms with Gasteiger partial charge in [-0.15, -0.1) is 0 Å². The number of ether oxygens (including phenoxy) is 1. The van der Waals surface area contributed by atoms with Gasteiger partial charge in [0.25, 0.3) is 0 Å². The van der Waals surface area contributed by atoms with E-state index in [1.165, 1.54) is 0 Å². The summed E-state index contributed by atoms with van der Waals surface area (Å²) < 4.78 is 5.60. The summed E-state index contributed by atoms with van der Waals surface area (Å²) in [6.45, 7) is 9.30. The average molecular weight is 268 g/mol. The lowest BCUT2D eigenvalue weighted by atomic mass is 9.87. The lowest BCUT2D eigenvalue weighted by Gasteiger charge is -2.43. The fourth-order valence-electron chi connectivity index (χ4n) is 3.24. The highest BCUT2D eigenvalue weighted by atomic mass is 16.5. The largest absolute Gasteiger partial charge is 0.378 e. The fraction of sp³-hybridized carbons (Fsp3) is 0.933. The van der Waals surface area contributed by atoms with E-state index in [2.05, 4.69) is 31.0 Å². The first-order valence-corrected chi connectivity index (χ1v) is 7.76. The van der Waals surface area contributed by atoms with Crippen LogP contribution in [-0.2, 0) is 9.53 Å². The second kappa shape index (κ2) is 6.23. The van der Waals surface area contributed by atoms with Crippen LogP contribution in [0.25, 0.3) is 0 Å². The molecule has 2 unspecified atom stereocenters. The van der Waals surface area contributed by atoms with E-state index < -0.39 is 0 Å². The number of rotatable bonds is 6. The van der Waals surface area contributed by atoms with Crippen LogP contribution in [0.3, 0.4) is 0 Å². The van der Waals surface area contributed by atoms with E-state index in [1.54, 1.807) is 0 Å². The number of nitrogens with one attached hydrogen (secondary N) is 1. The van der Waals surface area contributed by atoms with Gasteiger partial charge in [0.15, 0.2) is 0 Å². The van der Waals surface area contributed by atoms with Gasteiger partial charge in [-0.1, -0.05) is 20.8 Å². The minimum absolute atomic E-state index is 0.0242. The van der Waals surface area contributed by atoms with Gasteiger partial charge in [0.1, 0.15) is 0 Å². The summed E-state index contributed by atoms with van der Waals surface area (Å²) in [5.41, 5.74) is 0. The van der Waals surface area contributed by atoms with Crippen molar-refractivity contribution in [1.82, 2.24) is 10.2 Å². The number of hydrogen-bond acceptors (Lipinski definition) is 3. The number of carbonyl (C=O) groups is 1. The SMILES string of the molecule is CCOC1CC(N2C(=O)C(CC(C)C)NC2CC)C1. The molecule has 110 valence electrons. The molecule has 2 rings (SSSR count). The molecule has 1 heterocycles. The van der Waals surface area contributed by atoms with Gasteiger partial charge < -0.3 is 9.64 Å². The lowest BCUT2D eigenvalue weighted by molar-refractivity contribution is -0.138. The summed E-state index contributed by atoms with van der Waals surface area (Å²) >= 11 is 0. The average Bonchev–Trinajstić information content (AvgIpc) is 2.60. The first-order valence-electron chi connectivity index (χ1n) is 7.76. The Bertz CT molecular complexity index is 313. The maximum atomic E-state index is 12.5. The van der Waals surface area contributed by atoms with E-state index >= 15 is 0 Å². The molecule has 0 aromatic carbocycles. The molecule has 19 heavy (non-hydrogen) atoms. The fourth-order valence-corrected chi connectivity index (χ4v) is 3.24. The molecular formula is C15H28N2O2. The molecule has 2 fully saturated rings. The summed E-state index contributed by atoms with van der Waals surface area (Å²) in [6.07, 6.45) is 4.52. The number of carbonyl (C=O) groups excluding carboxylic acids is 1. The van der Waals surface area contributed by atoms with E-state index in [1.807, 2.05) is 6.92 Å². The molecule has 1 amide bonds. The number of nitrogens with zero attached hydrogens (tertiary/aromatic N) is 1. The molecule has 0 aromatic rings. The topological polar surface area (TPSA) is 41.6 Å². The van der Waals surface area contributed by atoms with Crippen molar-refractivity contribution in [2.45, 2.75) is 77.7 Å². The van der Waals surface area contributed by atoms with Crippen LogP contribution < -0.4 is 5.32 Å². The molecular weight excluding hydrogens is 240 g/mol. The van der Waals surface area contributed by atoms with Crippen LogP contribution in [0.4, 0.5) is 0 Å². The quantitative estimate of drug-likeness (QED) is 0.802.